The van der Waals surface area contributed by atoms with Crippen LogP contribution in [0.1, 0.15) is 56.8 Å². The smallest absolute Gasteiger partial charge is 0.407 e. The van der Waals surface area contributed by atoms with E-state index in [-0.39, 0.29) is 17.4 Å². The topological polar surface area (TPSA) is 127 Å². The fourth-order valence-electron chi connectivity index (χ4n) is 4.94. The van der Waals surface area contributed by atoms with Crippen LogP contribution in [0.2, 0.25) is 0 Å². The number of hydrogen-bond donors (Lipinski definition) is 3. The molecule has 0 aliphatic heterocycles. The van der Waals surface area contributed by atoms with Crippen molar-refractivity contribution in [1.29, 1.82) is 0 Å². The molecule has 40 heavy (non-hydrogen) atoms. The maximum Gasteiger partial charge on any atom is 0.407 e. The first-order valence-electron chi connectivity index (χ1n) is 13.7. The van der Waals surface area contributed by atoms with Crippen molar-refractivity contribution in [1.82, 2.24) is 15.6 Å². The molecule has 1 fully saturated rings. The highest BCUT2D eigenvalue weighted by Crippen LogP contribution is 2.29. The maximum absolute atomic E-state index is 12.7. The number of pyridine rings is 1. The molecule has 2 amide bonds. The molecule has 0 spiro atoms. The van der Waals surface area contributed by atoms with Crippen LogP contribution in [0.5, 0.6) is 5.75 Å². The number of carboxylic acid groups (broad SMARTS) is 1. The lowest BCUT2D eigenvalue weighted by Gasteiger charge is -2.28. The number of ether oxygens (including phenoxy) is 2. The van der Waals surface area contributed by atoms with Gasteiger partial charge in [0.05, 0.1) is 17.6 Å². The molecular weight excluding hydrogens is 510 g/mol. The van der Waals surface area contributed by atoms with Crippen LogP contribution in [0.4, 0.5) is 4.79 Å². The van der Waals surface area contributed by atoms with Gasteiger partial charge in [-0.05, 0) is 87.8 Å². The van der Waals surface area contributed by atoms with Crippen LogP contribution in [-0.4, -0.2) is 53.4 Å². The standard InChI is InChI=1S/C31H37N3O6/c1-31(2,3)40-30(38)34-19-20-7-9-21(10-8-20)28(35)33-15-16-39-24-6-4-5-22(17-24)23-11-12-25-26(29(36)37)13-14-32-27(25)18-23/h4-6,11-14,17-18,20-21H,7-10,15-16,19H2,1-3H3,(H,33,35)(H,34,38)(H,36,37). The number of hydrogen-bond acceptors (Lipinski definition) is 6. The molecule has 0 unspecified atom stereocenters. The van der Waals surface area contributed by atoms with Gasteiger partial charge in [-0.2, -0.15) is 0 Å². The van der Waals surface area contributed by atoms with Crippen molar-refractivity contribution >= 4 is 28.9 Å². The Hall–Kier alpha value is -4.14. The van der Waals surface area contributed by atoms with Gasteiger partial charge in [-0.15, -0.1) is 0 Å². The van der Waals surface area contributed by atoms with E-state index in [9.17, 15) is 19.5 Å². The molecule has 212 valence electrons. The van der Waals surface area contributed by atoms with Crippen LogP contribution < -0.4 is 15.4 Å². The Morgan fingerprint density at radius 2 is 1.73 bits per heavy atom. The minimum absolute atomic E-state index is 0.0238. The molecule has 0 radical (unpaired) electrons. The Labute approximate surface area is 234 Å². The van der Waals surface area contributed by atoms with Crippen LogP contribution in [0, 0.1) is 11.8 Å². The Morgan fingerprint density at radius 1 is 0.975 bits per heavy atom. The maximum atomic E-state index is 12.7. The van der Waals surface area contributed by atoms with Gasteiger partial charge in [-0.1, -0.05) is 24.3 Å². The highest BCUT2D eigenvalue weighted by Gasteiger charge is 2.27. The Bertz CT molecular complexity index is 1360. The summed E-state index contributed by atoms with van der Waals surface area (Å²) in [5.41, 5.74) is 2.14. The Morgan fingerprint density at radius 3 is 2.45 bits per heavy atom. The van der Waals surface area contributed by atoms with Gasteiger partial charge in [-0.3, -0.25) is 9.78 Å². The first-order chi connectivity index (χ1) is 19.1. The molecular formula is C31H37N3O6. The number of carboxylic acids is 1. The molecule has 3 aromatic rings. The third-order valence-corrected chi connectivity index (χ3v) is 6.96. The van der Waals surface area contributed by atoms with Gasteiger partial charge in [0.2, 0.25) is 5.91 Å². The first-order valence-corrected chi connectivity index (χ1v) is 13.7. The van der Waals surface area contributed by atoms with E-state index in [0.717, 1.165) is 36.8 Å². The SMILES string of the molecule is CC(C)(C)OC(=O)NCC1CCC(C(=O)NCCOc2cccc(-c3ccc4c(C(=O)O)ccnc4c3)c2)CC1. The fraction of sp³-hybridized carbons (Fsp3) is 0.419. The van der Waals surface area contributed by atoms with Crippen molar-refractivity contribution < 1.29 is 29.0 Å². The summed E-state index contributed by atoms with van der Waals surface area (Å²) < 4.78 is 11.2. The summed E-state index contributed by atoms with van der Waals surface area (Å²) in [4.78, 5) is 40.3. The second-order valence-electron chi connectivity index (χ2n) is 11.2. The normalized spacial score (nSPS) is 17.2. The van der Waals surface area contributed by atoms with E-state index in [1.165, 1.54) is 12.3 Å². The van der Waals surface area contributed by atoms with E-state index in [1.54, 1.807) is 6.07 Å². The van der Waals surface area contributed by atoms with Gasteiger partial charge in [-0.25, -0.2) is 9.59 Å². The highest BCUT2D eigenvalue weighted by molar-refractivity contribution is 6.03. The molecule has 4 rings (SSSR count). The quantitative estimate of drug-likeness (QED) is 0.305. The number of benzene rings is 2. The van der Waals surface area contributed by atoms with Crippen molar-refractivity contribution in [3.05, 3.63) is 60.3 Å². The van der Waals surface area contributed by atoms with Crippen molar-refractivity contribution in [2.45, 2.75) is 52.1 Å². The summed E-state index contributed by atoms with van der Waals surface area (Å²) in [5, 5.41) is 15.8. The second kappa shape index (κ2) is 12.8. The van der Waals surface area contributed by atoms with Crippen LogP contribution >= 0.6 is 0 Å². The molecule has 1 aliphatic rings. The van der Waals surface area contributed by atoms with E-state index in [0.29, 0.717) is 42.3 Å². The summed E-state index contributed by atoms with van der Waals surface area (Å²) in [6.45, 7) is 6.82. The van der Waals surface area contributed by atoms with Crippen molar-refractivity contribution in [3.63, 3.8) is 0 Å². The van der Waals surface area contributed by atoms with Gasteiger partial charge in [0.1, 0.15) is 18.0 Å². The fourth-order valence-corrected chi connectivity index (χ4v) is 4.94. The average molecular weight is 548 g/mol. The number of rotatable bonds is 9. The van der Waals surface area contributed by atoms with Crippen molar-refractivity contribution in [2.75, 3.05) is 19.7 Å². The predicted molar refractivity (Wildman–Crippen MR) is 152 cm³/mol. The Balaban J connectivity index is 1.21. The lowest BCUT2D eigenvalue weighted by Crippen LogP contribution is -2.38. The molecule has 9 heteroatoms. The number of amides is 2. The molecule has 1 aromatic heterocycles. The molecule has 9 nitrogen and oxygen atoms in total. The number of aromatic carboxylic acids is 1. The third kappa shape index (κ3) is 7.94. The molecule has 0 bridgehead atoms. The van der Waals surface area contributed by atoms with Gasteiger partial charge in [0.25, 0.3) is 0 Å². The number of carbonyl (C=O) groups excluding carboxylic acids is 2. The van der Waals surface area contributed by atoms with Gasteiger partial charge >= 0.3 is 12.1 Å². The zero-order valence-corrected chi connectivity index (χ0v) is 23.2. The number of nitrogens with zero attached hydrogens (tertiary/aromatic N) is 1. The minimum Gasteiger partial charge on any atom is -0.492 e. The van der Waals surface area contributed by atoms with Crippen LogP contribution in [0.3, 0.4) is 0 Å². The summed E-state index contributed by atoms with van der Waals surface area (Å²) in [6.07, 6.45) is 4.46. The summed E-state index contributed by atoms with van der Waals surface area (Å²) >= 11 is 0. The van der Waals surface area contributed by atoms with Gasteiger partial charge in [0, 0.05) is 24.0 Å². The summed E-state index contributed by atoms with van der Waals surface area (Å²) in [7, 11) is 0. The van der Waals surface area contributed by atoms with Crippen LogP contribution in [0.15, 0.2) is 54.7 Å². The van der Waals surface area contributed by atoms with Crippen molar-refractivity contribution in [2.24, 2.45) is 11.8 Å². The lowest BCUT2D eigenvalue weighted by molar-refractivity contribution is -0.126. The number of carbonyl (C=O) groups is 3. The van der Waals surface area contributed by atoms with Crippen LogP contribution in [-0.2, 0) is 9.53 Å². The van der Waals surface area contributed by atoms with E-state index < -0.39 is 17.7 Å². The van der Waals surface area contributed by atoms with E-state index in [1.807, 2.05) is 57.2 Å². The predicted octanol–water partition coefficient (Wildman–Crippen LogP) is 5.43. The number of aromatic nitrogens is 1. The largest absolute Gasteiger partial charge is 0.492 e. The number of alkyl carbamates (subject to hydrolysis) is 1. The average Bonchev–Trinajstić information content (AvgIpc) is 2.93. The van der Waals surface area contributed by atoms with E-state index in [4.69, 9.17) is 9.47 Å². The van der Waals surface area contributed by atoms with Gasteiger partial charge in [0.15, 0.2) is 0 Å². The zero-order valence-electron chi connectivity index (χ0n) is 23.2. The number of fused-ring (bicyclic) bond motifs is 1. The summed E-state index contributed by atoms with van der Waals surface area (Å²) in [6, 6.07) is 14.6. The molecule has 1 heterocycles. The monoisotopic (exact) mass is 547 g/mol. The Kier molecular flexibility index (Phi) is 9.24. The summed E-state index contributed by atoms with van der Waals surface area (Å²) in [5.74, 6) is 0.0642. The van der Waals surface area contributed by atoms with Crippen molar-refractivity contribution in [3.8, 4) is 16.9 Å². The minimum atomic E-state index is -0.983. The van der Waals surface area contributed by atoms with Crippen LogP contribution in [0.25, 0.3) is 22.0 Å². The molecule has 1 saturated carbocycles. The molecule has 2 aromatic carbocycles. The highest BCUT2D eigenvalue weighted by atomic mass is 16.6. The lowest BCUT2D eigenvalue weighted by atomic mass is 9.81. The second-order valence-corrected chi connectivity index (χ2v) is 11.2. The third-order valence-electron chi connectivity index (χ3n) is 6.96. The van der Waals surface area contributed by atoms with E-state index >= 15 is 0 Å². The zero-order chi connectivity index (χ0) is 28.7. The number of nitrogens with one attached hydrogen (secondary N) is 2. The van der Waals surface area contributed by atoms with Gasteiger partial charge < -0.3 is 25.2 Å². The first kappa shape index (κ1) is 28.9. The molecule has 3 N–H and O–H groups in total. The molecule has 0 atom stereocenters. The molecule has 0 saturated heterocycles. The molecule has 1 aliphatic carbocycles. The van der Waals surface area contributed by atoms with E-state index in [2.05, 4.69) is 15.6 Å².